The van der Waals surface area contributed by atoms with Gasteiger partial charge in [0.25, 0.3) is 10.2 Å². The second-order valence-electron chi connectivity index (χ2n) is 9.65. The van der Waals surface area contributed by atoms with Gasteiger partial charge in [0, 0.05) is 58.0 Å². The Hall–Kier alpha value is -1.87. The molecule has 3 aliphatic rings. The van der Waals surface area contributed by atoms with Gasteiger partial charge >= 0.3 is 6.18 Å². The van der Waals surface area contributed by atoms with Crippen LogP contribution in [0.15, 0.2) is 18.2 Å². The lowest BCUT2D eigenvalue weighted by Crippen LogP contribution is -2.55. The van der Waals surface area contributed by atoms with E-state index in [9.17, 15) is 21.6 Å². The molecule has 11 heteroatoms. The van der Waals surface area contributed by atoms with Crippen LogP contribution >= 0.6 is 0 Å². The van der Waals surface area contributed by atoms with E-state index >= 15 is 0 Å². The minimum atomic E-state index is -4.63. The number of fused-ring (bicyclic) bond motifs is 1. The van der Waals surface area contributed by atoms with Crippen molar-refractivity contribution in [1.82, 2.24) is 8.61 Å². The largest absolute Gasteiger partial charge is 0.417 e. The summed E-state index contributed by atoms with van der Waals surface area (Å²) in [5.74, 6) is 0.644. The topological polar surface area (TPSA) is 76.9 Å². The number of nitriles is 1. The number of rotatable bonds is 7. The number of halogens is 3. The normalized spacial score (nSPS) is 26.5. The first-order valence-corrected chi connectivity index (χ1v) is 12.5. The second kappa shape index (κ2) is 8.73. The Kier molecular flexibility index (Phi) is 6.41. The quantitative estimate of drug-likeness (QED) is 0.592. The zero-order chi connectivity index (χ0) is 24.0. The van der Waals surface area contributed by atoms with Gasteiger partial charge in [0.1, 0.15) is 0 Å². The van der Waals surface area contributed by atoms with Crippen molar-refractivity contribution in [3.63, 3.8) is 0 Å². The zero-order valence-corrected chi connectivity index (χ0v) is 19.6. The van der Waals surface area contributed by atoms with Crippen molar-refractivity contribution >= 4 is 15.9 Å². The summed E-state index contributed by atoms with van der Waals surface area (Å²) in [6.07, 6.45) is -1.75. The summed E-state index contributed by atoms with van der Waals surface area (Å²) in [7, 11) is -0.627. The molecule has 1 aliphatic carbocycles. The molecule has 0 aromatic heterocycles. The van der Waals surface area contributed by atoms with Crippen LogP contribution in [0.2, 0.25) is 0 Å². The lowest BCUT2D eigenvalue weighted by Gasteiger charge is -2.43. The first-order chi connectivity index (χ1) is 15.5. The minimum absolute atomic E-state index is 0.0929. The number of piperidine rings is 1. The van der Waals surface area contributed by atoms with Crippen LogP contribution in [0.5, 0.6) is 0 Å². The fourth-order valence-corrected chi connectivity index (χ4v) is 6.17. The van der Waals surface area contributed by atoms with Gasteiger partial charge in [0.05, 0.1) is 23.8 Å². The van der Waals surface area contributed by atoms with Gasteiger partial charge in [-0.25, -0.2) is 0 Å². The number of alkyl halides is 3. The average Bonchev–Trinajstić information content (AvgIpc) is 3.49. The van der Waals surface area contributed by atoms with E-state index in [-0.39, 0.29) is 12.5 Å². The second-order valence-corrected chi connectivity index (χ2v) is 11.8. The third-order valence-electron chi connectivity index (χ3n) is 7.05. The number of nitrogens with zero attached hydrogens (tertiary/aromatic N) is 4. The van der Waals surface area contributed by atoms with Crippen LogP contribution in [0, 0.1) is 28.6 Å². The molecule has 0 spiro atoms. The van der Waals surface area contributed by atoms with Crippen molar-refractivity contribution < 1.29 is 26.3 Å². The molecule has 2 atom stereocenters. The van der Waals surface area contributed by atoms with Crippen LogP contribution in [0.3, 0.4) is 0 Å². The van der Waals surface area contributed by atoms with E-state index in [0.29, 0.717) is 50.9 Å². The average molecular weight is 487 g/mol. The molecule has 1 aromatic carbocycles. The highest BCUT2D eigenvalue weighted by molar-refractivity contribution is 7.86. The molecule has 0 amide bonds. The van der Waals surface area contributed by atoms with Crippen molar-refractivity contribution in [3.05, 3.63) is 29.3 Å². The monoisotopic (exact) mass is 486 g/mol. The fourth-order valence-electron chi connectivity index (χ4n) is 4.95. The van der Waals surface area contributed by atoms with E-state index < -0.39 is 32.9 Å². The van der Waals surface area contributed by atoms with E-state index in [2.05, 4.69) is 0 Å². The molecule has 7 nitrogen and oxygen atoms in total. The molecule has 0 N–H and O–H groups in total. The third kappa shape index (κ3) is 4.85. The first kappa shape index (κ1) is 24.3. The molecule has 33 heavy (non-hydrogen) atoms. The van der Waals surface area contributed by atoms with Crippen molar-refractivity contribution in [2.75, 3.05) is 58.4 Å². The zero-order valence-electron chi connectivity index (χ0n) is 18.8. The number of hydrogen-bond acceptors (Lipinski definition) is 5. The molecule has 1 saturated carbocycles. The van der Waals surface area contributed by atoms with E-state index in [1.807, 2.05) is 4.90 Å². The Balaban J connectivity index is 1.62. The maximum absolute atomic E-state index is 13.5. The van der Waals surface area contributed by atoms with Gasteiger partial charge in [-0.2, -0.15) is 35.5 Å². The van der Waals surface area contributed by atoms with Gasteiger partial charge in [0.15, 0.2) is 0 Å². The summed E-state index contributed by atoms with van der Waals surface area (Å²) < 4.78 is 74.9. The molecule has 2 aliphatic heterocycles. The van der Waals surface area contributed by atoms with Crippen LogP contribution < -0.4 is 4.90 Å². The van der Waals surface area contributed by atoms with E-state index in [1.54, 1.807) is 6.07 Å². The van der Waals surface area contributed by atoms with Gasteiger partial charge in [-0.15, -0.1) is 0 Å². The molecule has 182 valence electrons. The van der Waals surface area contributed by atoms with Crippen LogP contribution in [0.25, 0.3) is 0 Å². The number of anilines is 1. The van der Waals surface area contributed by atoms with Gasteiger partial charge < -0.3 is 9.64 Å². The molecule has 0 radical (unpaired) electrons. The summed E-state index contributed by atoms with van der Waals surface area (Å²) in [5.41, 5.74) is -1.48. The Morgan fingerprint density at radius 1 is 1.24 bits per heavy atom. The van der Waals surface area contributed by atoms with Crippen LogP contribution in [0.4, 0.5) is 18.9 Å². The smallest absolute Gasteiger partial charge is 0.380 e. The Labute approximate surface area is 192 Å². The summed E-state index contributed by atoms with van der Waals surface area (Å²) in [6, 6.07) is 5.40. The van der Waals surface area contributed by atoms with Crippen molar-refractivity contribution in [1.29, 1.82) is 5.26 Å². The SMILES string of the molecule is CN(C)S(=O)(=O)N1CC[C@H]2CN(c3ccc(C#N)c(C(F)(F)F)c3)C[C@@]2(COCC2CC2)C1. The van der Waals surface area contributed by atoms with Gasteiger partial charge in [0.2, 0.25) is 0 Å². The number of ether oxygens (including phenoxy) is 1. The summed E-state index contributed by atoms with van der Waals surface area (Å²) >= 11 is 0. The maximum atomic E-state index is 13.5. The van der Waals surface area contributed by atoms with Crippen molar-refractivity contribution in [3.8, 4) is 6.07 Å². The van der Waals surface area contributed by atoms with Gasteiger partial charge in [-0.05, 0) is 49.3 Å². The highest BCUT2D eigenvalue weighted by atomic mass is 32.2. The van der Waals surface area contributed by atoms with E-state index in [4.69, 9.17) is 10.00 Å². The number of hydrogen-bond donors (Lipinski definition) is 0. The molecule has 3 fully saturated rings. The summed E-state index contributed by atoms with van der Waals surface area (Å²) in [6.45, 7) is 2.54. The van der Waals surface area contributed by atoms with E-state index in [1.165, 1.54) is 34.8 Å². The van der Waals surface area contributed by atoms with E-state index in [0.717, 1.165) is 18.9 Å². The molecule has 1 aromatic rings. The van der Waals surface area contributed by atoms with Crippen LogP contribution in [0.1, 0.15) is 30.4 Å². The third-order valence-corrected chi connectivity index (χ3v) is 8.94. The highest BCUT2D eigenvalue weighted by Gasteiger charge is 2.52. The molecule has 4 rings (SSSR count). The predicted molar refractivity (Wildman–Crippen MR) is 117 cm³/mol. The molecular formula is C22H29F3N4O3S. The van der Waals surface area contributed by atoms with Crippen LogP contribution in [-0.4, -0.2) is 70.5 Å². The highest BCUT2D eigenvalue weighted by Crippen LogP contribution is 2.46. The predicted octanol–water partition coefficient (Wildman–Crippen LogP) is 2.94. The van der Waals surface area contributed by atoms with Gasteiger partial charge in [-0.3, -0.25) is 0 Å². The molecule has 2 heterocycles. The minimum Gasteiger partial charge on any atom is -0.380 e. The lowest BCUT2D eigenvalue weighted by atomic mass is 9.74. The Morgan fingerprint density at radius 2 is 1.97 bits per heavy atom. The fraction of sp³-hybridized carbons (Fsp3) is 0.682. The first-order valence-electron chi connectivity index (χ1n) is 11.1. The molecule has 0 unspecified atom stereocenters. The standard InChI is InChI=1S/C22H29F3N4O3S/c1-27(2)33(30,31)29-8-7-18-11-28(13-21(18,14-29)15-32-12-16-3-4-16)19-6-5-17(10-26)20(9-19)22(23,24)25/h5-6,9,16,18H,3-4,7-8,11-15H2,1-2H3/t18-,21-/m0/s1. The molecule has 0 bridgehead atoms. The Bertz CT molecular complexity index is 1040. The molecule has 2 saturated heterocycles. The lowest BCUT2D eigenvalue weighted by molar-refractivity contribution is -0.137. The Morgan fingerprint density at radius 3 is 2.58 bits per heavy atom. The van der Waals surface area contributed by atoms with Gasteiger partial charge in [-0.1, -0.05) is 0 Å². The number of benzene rings is 1. The summed E-state index contributed by atoms with van der Waals surface area (Å²) in [4.78, 5) is 1.88. The van der Waals surface area contributed by atoms with Crippen molar-refractivity contribution in [2.45, 2.75) is 25.4 Å². The molecular weight excluding hydrogens is 457 g/mol. The van der Waals surface area contributed by atoms with Crippen LogP contribution in [-0.2, 0) is 21.1 Å². The maximum Gasteiger partial charge on any atom is 0.417 e. The van der Waals surface area contributed by atoms with Crippen molar-refractivity contribution in [2.24, 2.45) is 17.3 Å². The summed E-state index contributed by atoms with van der Waals surface area (Å²) in [5, 5.41) is 9.10.